The van der Waals surface area contributed by atoms with Crippen LogP contribution in [0.5, 0.6) is 0 Å². The third-order valence-electron chi connectivity index (χ3n) is 2.87. The van der Waals surface area contributed by atoms with Crippen LogP contribution >= 0.6 is 0 Å². The fourth-order valence-corrected chi connectivity index (χ4v) is 1.99. The molecule has 17 heavy (non-hydrogen) atoms. The average molecular weight is 244 g/mol. The van der Waals surface area contributed by atoms with Gasteiger partial charge in [-0.25, -0.2) is 0 Å². The van der Waals surface area contributed by atoms with Gasteiger partial charge in [0.15, 0.2) is 0 Å². The van der Waals surface area contributed by atoms with E-state index in [1.165, 1.54) is 4.90 Å². The maximum absolute atomic E-state index is 12.5. The second-order valence-corrected chi connectivity index (χ2v) is 4.52. The summed E-state index contributed by atoms with van der Waals surface area (Å²) in [4.78, 5) is 1.44. The molecular weight excluding hydrogens is 229 g/mol. The predicted molar refractivity (Wildman–Crippen MR) is 62.0 cm³/mol. The SMILES string of the molecule is Cc1cc(N)ccc1N(CC(F)(F)F)C1CC1. The second-order valence-electron chi connectivity index (χ2n) is 4.52. The molecule has 0 bridgehead atoms. The Morgan fingerprint density at radius 2 is 2.00 bits per heavy atom. The van der Waals surface area contributed by atoms with Gasteiger partial charge < -0.3 is 10.6 Å². The van der Waals surface area contributed by atoms with Crippen molar-refractivity contribution >= 4 is 11.4 Å². The number of alkyl halides is 3. The first-order chi connectivity index (χ1) is 7.87. The van der Waals surface area contributed by atoms with Crippen LogP contribution in [0.2, 0.25) is 0 Å². The fourth-order valence-electron chi connectivity index (χ4n) is 1.99. The molecule has 0 aromatic heterocycles. The third kappa shape index (κ3) is 3.05. The summed E-state index contributed by atoms with van der Waals surface area (Å²) in [6.45, 7) is 0.903. The number of hydrogen-bond donors (Lipinski definition) is 1. The number of nitrogens with zero attached hydrogens (tertiary/aromatic N) is 1. The van der Waals surface area contributed by atoms with E-state index in [1.807, 2.05) is 0 Å². The molecule has 0 unspecified atom stereocenters. The minimum absolute atomic E-state index is 0.0268. The molecule has 2 N–H and O–H groups in total. The van der Waals surface area contributed by atoms with Crippen molar-refractivity contribution in [2.45, 2.75) is 32.0 Å². The van der Waals surface area contributed by atoms with Crippen molar-refractivity contribution in [1.29, 1.82) is 0 Å². The Labute approximate surface area is 98.2 Å². The van der Waals surface area contributed by atoms with Gasteiger partial charge >= 0.3 is 6.18 Å². The maximum Gasteiger partial charge on any atom is 0.405 e. The van der Waals surface area contributed by atoms with Crippen LogP contribution in [0.1, 0.15) is 18.4 Å². The van der Waals surface area contributed by atoms with Gasteiger partial charge in [-0.15, -0.1) is 0 Å². The number of halogens is 3. The Balaban J connectivity index is 2.26. The van der Waals surface area contributed by atoms with Crippen LogP contribution < -0.4 is 10.6 Å². The van der Waals surface area contributed by atoms with E-state index in [0.717, 1.165) is 18.4 Å². The third-order valence-corrected chi connectivity index (χ3v) is 2.87. The lowest BCUT2D eigenvalue weighted by Crippen LogP contribution is -2.36. The maximum atomic E-state index is 12.5. The molecule has 0 amide bonds. The molecule has 0 aliphatic heterocycles. The van der Waals surface area contributed by atoms with Gasteiger partial charge in [0.05, 0.1) is 0 Å². The Kier molecular flexibility index (Phi) is 2.93. The molecule has 1 aromatic carbocycles. The van der Waals surface area contributed by atoms with Crippen molar-refractivity contribution in [1.82, 2.24) is 0 Å². The number of aryl methyl sites for hydroxylation is 1. The zero-order valence-corrected chi connectivity index (χ0v) is 9.59. The van der Waals surface area contributed by atoms with Crippen LogP contribution in [0.15, 0.2) is 18.2 Å². The molecule has 1 aliphatic carbocycles. The van der Waals surface area contributed by atoms with Crippen LogP contribution in [0.3, 0.4) is 0 Å². The lowest BCUT2D eigenvalue weighted by Gasteiger charge is -2.27. The normalized spacial score (nSPS) is 16.0. The summed E-state index contributed by atoms with van der Waals surface area (Å²) in [5, 5.41) is 0. The van der Waals surface area contributed by atoms with E-state index >= 15 is 0 Å². The smallest absolute Gasteiger partial charge is 0.399 e. The van der Waals surface area contributed by atoms with E-state index in [2.05, 4.69) is 0 Å². The van der Waals surface area contributed by atoms with E-state index in [1.54, 1.807) is 25.1 Å². The first-order valence-electron chi connectivity index (χ1n) is 5.56. The largest absolute Gasteiger partial charge is 0.405 e. The van der Waals surface area contributed by atoms with Crippen LogP contribution in [-0.2, 0) is 0 Å². The molecule has 0 atom stereocenters. The van der Waals surface area contributed by atoms with Crippen LogP contribution in [0, 0.1) is 6.92 Å². The topological polar surface area (TPSA) is 29.3 Å². The average Bonchev–Trinajstić information content (AvgIpc) is 2.96. The van der Waals surface area contributed by atoms with Crippen molar-refractivity contribution < 1.29 is 13.2 Å². The lowest BCUT2D eigenvalue weighted by atomic mass is 10.1. The molecule has 0 saturated heterocycles. The molecule has 0 heterocycles. The number of benzene rings is 1. The highest BCUT2D eigenvalue weighted by Gasteiger charge is 2.38. The molecule has 94 valence electrons. The Morgan fingerprint density at radius 1 is 1.35 bits per heavy atom. The quantitative estimate of drug-likeness (QED) is 0.828. The van der Waals surface area contributed by atoms with Gasteiger partial charge in [0.25, 0.3) is 0 Å². The highest BCUT2D eigenvalue weighted by Crippen LogP contribution is 2.36. The lowest BCUT2D eigenvalue weighted by molar-refractivity contribution is -0.120. The number of nitrogen functional groups attached to an aromatic ring is 1. The van der Waals surface area contributed by atoms with E-state index < -0.39 is 12.7 Å². The van der Waals surface area contributed by atoms with Gasteiger partial charge in [-0.3, -0.25) is 0 Å². The van der Waals surface area contributed by atoms with Crippen LogP contribution in [-0.4, -0.2) is 18.8 Å². The van der Waals surface area contributed by atoms with Gasteiger partial charge in [-0.1, -0.05) is 0 Å². The number of rotatable bonds is 3. The molecule has 2 nitrogen and oxygen atoms in total. The zero-order chi connectivity index (χ0) is 12.6. The zero-order valence-electron chi connectivity index (χ0n) is 9.59. The van der Waals surface area contributed by atoms with Crippen molar-refractivity contribution in [3.63, 3.8) is 0 Å². The Bertz CT molecular complexity index is 411. The van der Waals surface area contributed by atoms with Crippen LogP contribution in [0.4, 0.5) is 24.5 Å². The molecule has 1 aliphatic rings. The minimum atomic E-state index is -4.17. The second kappa shape index (κ2) is 4.13. The fraction of sp³-hybridized carbons (Fsp3) is 0.500. The summed E-state index contributed by atoms with van der Waals surface area (Å²) in [5.74, 6) is 0. The number of hydrogen-bond acceptors (Lipinski definition) is 2. The molecule has 1 fully saturated rings. The summed E-state index contributed by atoms with van der Waals surface area (Å²) in [7, 11) is 0. The molecule has 5 heteroatoms. The Morgan fingerprint density at radius 3 is 2.47 bits per heavy atom. The van der Waals surface area contributed by atoms with Gasteiger partial charge in [0.1, 0.15) is 6.54 Å². The summed E-state index contributed by atoms with van der Waals surface area (Å²) < 4.78 is 37.6. The van der Waals surface area contributed by atoms with Gasteiger partial charge in [0, 0.05) is 17.4 Å². The van der Waals surface area contributed by atoms with Crippen molar-refractivity contribution in [2.24, 2.45) is 0 Å². The summed E-state index contributed by atoms with van der Waals surface area (Å²) in [6.07, 6.45) is -2.50. The standard InChI is InChI=1S/C12H15F3N2/c1-8-6-9(16)2-5-11(8)17(10-3-4-10)7-12(13,14)15/h2,5-6,10H,3-4,7,16H2,1H3. The van der Waals surface area contributed by atoms with Crippen molar-refractivity contribution in [2.75, 3.05) is 17.2 Å². The van der Waals surface area contributed by atoms with Crippen molar-refractivity contribution in [3.05, 3.63) is 23.8 Å². The van der Waals surface area contributed by atoms with Gasteiger partial charge in [-0.2, -0.15) is 13.2 Å². The predicted octanol–water partition coefficient (Wildman–Crippen LogP) is 3.11. The van der Waals surface area contributed by atoms with E-state index in [4.69, 9.17) is 5.73 Å². The molecule has 1 aromatic rings. The van der Waals surface area contributed by atoms with Crippen molar-refractivity contribution in [3.8, 4) is 0 Å². The number of nitrogens with two attached hydrogens (primary N) is 1. The summed E-state index contributed by atoms with van der Waals surface area (Å²) >= 11 is 0. The first-order valence-corrected chi connectivity index (χ1v) is 5.56. The van der Waals surface area contributed by atoms with Crippen LogP contribution in [0.25, 0.3) is 0 Å². The molecule has 0 radical (unpaired) electrons. The first kappa shape index (κ1) is 12.1. The summed E-state index contributed by atoms with van der Waals surface area (Å²) in [6, 6.07) is 5.06. The Hall–Kier alpha value is -1.39. The van der Waals surface area contributed by atoms with E-state index in [0.29, 0.717) is 11.4 Å². The van der Waals surface area contributed by atoms with Gasteiger partial charge in [-0.05, 0) is 43.5 Å². The van der Waals surface area contributed by atoms with Gasteiger partial charge in [0.2, 0.25) is 0 Å². The molecule has 2 rings (SSSR count). The number of anilines is 2. The molecule has 0 spiro atoms. The highest BCUT2D eigenvalue weighted by molar-refractivity contribution is 5.60. The van der Waals surface area contributed by atoms with E-state index in [-0.39, 0.29) is 6.04 Å². The molecular formula is C12H15F3N2. The highest BCUT2D eigenvalue weighted by atomic mass is 19.4. The molecule has 1 saturated carbocycles. The monoisotopic (exact) mass is 244 g/mol. The summed E-state index contributed by atoms with van der Waals surface area (Å²) in [5.41, 5.74) is 7.61. The minimum Gasteiger partial charge on any atom is -0.399 e. The van der Waals surface area contributed by atoms with E-state index in [9.17, 15) is 13.2 Å².